The summed E-state index contributed by atoms with van der Waals surface area (Å²) < 4.78 is 7.13. The molecule has 4 aromatic carbocycles. The Morgan fingerprint density at radius 3 is 2.00 bits per heavy atom. The van der Waals surface area contributed by atoms with Crippen LogP contribution in [0.25, 0.3) is 11.1 Å². The third-order valence-corrected chi connectivity index (χ3v) is 6.89. The number of hydrogen-bond donors (Lipinski definition) is 0. The number of benzene rings is 4. The average Bonchev–Trinajstić information content (AvgIpc) is 3.08. The molecule has 152 valence electrons. The lowest BCUT2D eigenvalue weighted by molar-refractivity contribution is 0.281. The largest absolute Gasteiger partial charge is 0.489 e. The Hall–Kier alpha value is -3.36. The third-order valence-electron chi connectivity index (χ3n) is 6.89. The first-order chi connectivity index (χ1) is 15.3. The molecule has 0 radical (unpaired) electrons. The Balaban J connectivity index is 1.36. The summed E-state index contributed by atoms with van der Waals surface area (Å²) >= 11 is 0. The molecule has 0 bridgehead atoms. The van der Waals surface area contributed by atoms with E-state index in [0.29, 0.717) is 6.61 Å². The molecule has 4 aromatic rings. The zero-order chi connectivity index (χ0) is 20.7. The van der Waals surface area contributed by atoms with Crippen LogP contribution in [0.4, 0.5) is 5.69 Å². The lowest BCUT2D eigenvalue weighted by Crippen LogP contribution is -2.45. The van der Waals surface area contributed by atoms with Crippen molar-refractivity contribution in [3.63, 3.8) is 0 Å². The van der Waals surface area contributed by atoms with E-state index in [9.17, 15) is 0 Å². The lowest BCUT2D eigenvalue weighted by atomic mass is 9.97. The average molecular weight is 405 g/mol. The zero-order valence-corrected chi connectivity index (χ0v) is 17.6. The van der Waals surface area contributed by atoms with Gasteiger partial charge in [0.25, 0.3) is 0 Å². The smallest absolute Gasteiger partial charge is 0.137 e. The van der Waals surface area contributed by atoms with Gasteiger partial charge in [-0.1, -0.05) is 78.9 Å². The summed E-state index contributed by atoms with van der Waals surface area (Å²) in [5.41, 5.74) is 9.77. The first-order valence-corrected chi connectivity index (χ1v) is 11.1. The Morgan fingerprint density at radius 1 is 0.645 bits per heavy atom. The second kappa shape index (κ2) is 7.40. The van der Waals surface area contributed by atoms with Gasteiger partial charge in [0.1, 0.15) is 31.1 Å². The molecule has 0 saturated heterocycles. The van der Waals surface area contributed by atoms with Crippen LogP contribution in [0.2, 0.25) is 0 Å². The Labute approximate surface area is 183 Å². The van der Waals surface area contributed by atoms with Crippen molar-refractivity contribution in [1.29, 1.82) is 0 Å². The van der Waals surface area contributed by atoms with Crippen LogP contribution in [0.1, 0.15) is 22.3 Å². The quantitative estimate of drug-likeness (QED) is 0.354. The third kappa shape index (κ3) is 3.24. The number of rotatable bonds is 3. The van der Waals surface area contributed by atoms with Gasteiger partial charge in [0.2, 0.25) is 0 Å². The van der Waals surface area contributed by atoms with Gasteiger partial charge >= 0.3 is 0 Å². The number of fused-ring (bicyclic) bond motifs is 5. The predicted octanol–water partition coefficient (Wildman–Crippen LogP) is 6.51. The van der Waals surface area contributed by atoms with Gasteiger partial charge in [0.15, 0.2) is 0 Å². The molecule has 2 nitrogen and oxygen atoms in total. The molecule has 6 rings (SSSR count). The first-order valence-electron chi connectivity index (χ1n) is 11.1. The van der Waals surface area contributed by atoms with Crippen molar-refractivity contribution in [1.82, 2.24) is 4.48 Å². The highest BCUT2D eigenvalue weighted by molar-refractivity contribution is 5.73. The highest BCUT2D eigenvalue weighted by Crippen LogP contribution is 2.44. The van der Waals surface area contributed by atoms with Crippen LogP contribution >= 0.6 is 0 Å². The van der Waals surface area contributed by atoms with Gasteiger partial charge in [0, 0.05) is 29.2 Å². The van der Waals surface area contributed by atoms with E-state index in [4.69, 9.17) is 4.74 Å². The Bertz CT molecular complexity index is 1200. The van der Waals surface area contributed by atoms with E-state index in [0.717, 1.165) is 36.3 Å². The first kappa shape index (κ1) is 18.4. The molecule has 2 heterocycles. The fourth-order valence-corrected chi connectivity index (χ4v) is 5.39. The molecule has 0 amide bonds. The number of nitrogens with zero attached hydrogens (tertiary/aromatic N) is 1. The number of quaternary nitrogens is 1. The molecule has 1 spiro atoms. The highest BCUT2D eigenvalue weighted by atomic mass is 16.5. The van der Waals surface area contributed by atoms with Crippen molar-refractivity contribution >= 4 is 5.69 Å². The van der Waals surface area contributed by atoms with E-state index >= 15 is 0 Å². The van der Waals surface area contributed by atoms with Crippen molar-refractivity contribution in [2.75, 3.05) is 6.54 Å². The minimum atomic E-state index is 0.611. The zero-order valence-electron chi connectivity index (χ0n) is 17.6. The molecule has 2 aliphatic rings. The summed E-state index contributed by atoms with van der Waals surface area (Å²) in [6.07, 6.45) is 1.10. The second-order valence-electron chi connectivity index (χ2n) is 8.81. The standard InChI is InChI=1S/C29H26NO/c1-2-8-22(9-3-1)21-31-26-14-15-29-23(18-26)16-17-30(29)19-24-10-4-6-12-27(24)28-13-7-5-11-25(28)20-30/h1-15,18H,16-17,19-21H2/q+1. The van der Waals surface area contributed by atoms with E-state index in [-0.39, 0.29) is 0 Å². The molecule has 0 N–H and O–H groups in total. The molecule has 0 unspecified atom stereocenters. The maximum atomic E-state index is 6.12. The van der Waals surface area contributed by atoms with Gasteiger partial charge < -0.3 is 4.74 Å². The van der Waals surface area contributed by atoms with Crippen LogP contribution in [0.15, 0.2) is 97.1 Å². The van der Waals surface area contributed by atoms with Gasteiger partial charge in [-0.25, -0.2) is 0 Å². The van der Waals surface area contributed by atoms with E-state index in [1.807, 2.05) is 6.07 Å². The minimum absolute atomic E-state index is 0.611. The van der Waals surface area contributed by atoms with Crippen LogP contribution in [0.5, 0.6) is 5.75 Å². The number of hydrogen-bond acceptors (Lipinski definition) is 1. The minimum Gasteiger partial charge on any atom is -0.489 e. The monoisotopic (exact) mass is 404 g/mol. The van der Waals surface area contributed by atoms with Crippen LogP contribution in [-0.4, -0.2) is 6.54 Å². The SMILES string of the molecule is c1ccc(COc2ccc3c(c2)CC[N+]32Cc3ccccc3-c3ccccc3C2)cc1. The molecular formula is C29H26NO+. The summed E-state index contributed by atoms with van der Waals surface area (Å²) in [6.45, 7) is 3.84. The van der Waals surface area contributed by atoms with Gasteiger partial charge in [0.05, 0.1) is 6.54 Å². The summed E-state index contributed by atoms with van der Waals surface area (Å²) in [5, 5.41) is 0. The van der Waals surface area contributed by atoms with Crippen LogP contribution in [0, 0.1) is 0 Å². The molecule has 0 atom stereocenters. The summed E-state index contributed by atoms with van der Waals surface area (Å²) in [6, 6.07) is 35.0. The molecule has 0 fully saturated rings. The van der Waals surface area contributed by atoms with Crippen molar-refractivity contribution < 1.29 is 4.74 Å². The fraction of sp³-hybridized carbons (Fsp3) is 0.172. The van der Waals surface area contributed by atoms with Gasteiger partial charge in [-0.05, 0) is 28.8 Å². The summed E-state index contributed by atoms with van der Waals surface area (Å²) in [7, 11) is 0. The van der Waals surface area contributed by atoms with Crippen molar-refractivity contribution in [3.8, 4) is 16.9 Å². The van der Waals surface area contributed by atoms with Gasteiger partial charge in [-0.3, -0.25) is 4.48 Å². The summed E-state index contributed by atoms with van der Waals surface area (Å²) in [4.78, 5) is 0. The number of ether oxygens (including phenoxy) is 1. The van der Waals surface area contributed by atoms with Crippen LogP contribution < -0.4 is 9.22 Å². The van der Waals surface area contributed by atoms with Crippen molar-refractivity contribution in [3.05, 3.63) is 119 Å². The van der Waals surface area contributed by atoms with E-state index in [1.165, 1.54) is 39.1 Å². The van der Waals surface area contributed by atoms with E-state index in [2.05, 4.69) is 91.0 Å². The molecule has 0 saturated carbocycles. The van der Waals surface area contributed by atoms with Crippen LogP contribution in [0.3, 0.4) is 0 Å². The van der Waals surface area contributed by atoms with Crippen LogP contribution in [-0.2, 0) is 26.1 Å². The molecule has 2 aliphatic heterocycles. The predicted molar refractivity (Wildman–Crippen MR) is 127 cm³/mol. The molecule has 2 heteroatoms. The maximum Gasteiger partial charge on any atom is 0.137 e. The molecular weight excluding hydrogens is 378 g/mol. The Morgan fingerprint density at radius 2 is 1.29 bits per heavy atom. The molecule has 0 aromatic heterocycles. The van der Waals surface area contributed by atoms with E-state index in [1.54, 1.807) is 0 Å². The highest BCUT2D eigenvalue weighted by Gasteiger charge is 2.41. The van der Waals surface area contributed by atoms with Gasteiger partial charge in [-0.2, -0.15) is 0 Å². The second-order valence-corrected chi connectivity index (χ2v) is 8.81. The summed E-state index contributed by atoms with van der Waals surface area (Å²) in [5.74, 6) is 0.971. The maximum absolute atomic E-state index is 6.12. The van der Waals surface area contributed by atoms with Crippen molar-refractivity contribution in [2.24, 2.45) is 0 Å². The molecule has 31 heavy (non-hydrogen) atoms. The lowest BCUT2D eigenvalue weighted by Gasteiger charge is -2.34. The van der Waals surface area contributed by atoms with E-state index < -0.39 is 0 Å². The Kier molecular flexibility index (Phi) is 4.40. The van der Waals surface area contributed by atoms with Gasteiger partial charge in [-0.15, -0.1) is 0 Å². The molecule has 0 aliphatic carbocycles. The normalized spacial score (nSPS) is 15.6. The topological polar surface area (TPSA) is 9.23 Å². The van der Waals surface area contributed by atoms with Crippen molar-refractivity contribution in [2.45, 2.75) is 26.1 Å². The fourth-order valence-electron chi connectivity index (χ4n) is 5.39.